The fourth-order valence-electron chi connectivity index (χ4n) is 4.81. The van der Waals surface area contributed by atoms with E-state index in [1.807, 2.05) is 44.2 Å². The number of aryl methyl sites for hydroxylation is 4. The number of carbonyl (C=O) groups is 2. The third-order valence-electron chi connectivity index (χ3n) is 6.73. The van der Waals surface area contributed by atoms with Gasteiger partial charge in [-0.05, 0) is 76.4 Å². The molecule has 0 spiro atoms. The van der Waals surface area contributed by atoms with Crippen molar-refractivity contribution in [2.24, 2.45) is 0 Å². The highest BCUT2D eigenvalue weighted by Gasteiger charge is 2.37. The van der Waals surface area contributed by atoms with Gasteiger partial charge in [-0.25, -0.2) is 4.79 Å². The Morgan fingerprint density at radius 3 is 2.20 bits per heavy atom. The van der Waals surface area contributed by atoms with Crippen LogP contribution in [0.2, 0.25) is 0 Å². The lowest BCUT2D eigenvalue weighted by molar-refractivity contribution is -0.136. The first kappa shape index (κ1) is 24.3. The second-order valence-corrected chi connectivity index (χ2v) is 9.34. The number of amides is 1. The van der Waals surface area contributed by atoms with E-state index in [9.17, 15) is 9.59 Å². The molecule has 0 radical (unpaired) electrons. The second-order valence-electron chi connectivity index (χ2n) is 9.34. The summed E-state index contributed by atoms with van der Waals surface area (Å²) >= 11 is 0. The van der Waals surface area contributed by atoms with E-state index in [4.69, 9.17) is 4.74 Å². The van der Waals surface area contributed by atoms with Gasteiger partial charge in [-0.2, -0.15) is 0 Å². The van der Waals surface area contributed by atoms with Crippen molar-refractivity contribution in [3.05, 3.63) is 105 Å². The maximum absolute atomic E-state index is 13.6. The summed E-state index contributed by atoms with van der Waals surface area (Å²) in [6, 6.07) is 16.5. The van der Waals surface area contributed by atoms with Gasteiger partial charge in [0, 0.05) is 22.8 Å². The van der Waals surface area contributed by atoms with Crippen molar-refractivity contribution in [3.63, 3.8) is 0 Å². The van der Waals surface area contributed by atoms with E-state index >= 15 is 0 Å². The summed E-state index contributed by atoms with van der Waals surface area (Å²) < 4.78 is 7.26. The summed E-state index contributed by atoms with van der Waals surface area (Å²) in [5.74, 6) is -0.698. The summed E-state index contributed by atoms with van der Waals surface area (Å²) in [6.07, 6.45) is 1.83. The molecular formula is C30H32N2O3. The van der Waals surface area contributed by atoms with Gasteiger partial charge in [0.2, 0.25) is 0 Å². The van der Waals surface area contributed by atoms with Gasteiger partial charge in [-0.15, -0.1) is 0 Å². The van der Waals surface area contributed by atoms with Crippen LogP contribution < -0.4 is 0 Å². The number of nitrogens with zero attached hydrogens (tertiary/aromatic N) is 2. The molecule has 0 saturated heterocycles. The Bertz CT molecular complexity index is 1390. The molecule has 5 nitrogen and oxygen atoms in total. The van der Waals surface area contributed by atoms with Crippen LogP contribution in [0.15, 0.2) is 65.4 Å². The maximum atomic E-state index is 13.6. The first-order valence-electron chi connectivity index (χ1n) is 11.8. The average Bonchev–Trinajstić information content (AvgIpc) is 3.22. The van der Waals surface area contributed by atoms with Crippen molar-refractivity contribution < 1.29 is 14.3 Å². The monoisotopic (exact) mass is 468 g/mol. The minimum atomic E-state index is -0.503. The highest BCUT2D eigenvalue weighted by molar-refractivity contribution is 6.16. The topological polar surface area (TPSA) is 51.5 Å². The van der Waals surface area contributed by atoms with Crippen LogP contribution >= 0.6 is 0 Å². The largest absolute Gasteiger partial charge is 0.465 e. The molecule has 0 aliphatic carbocycles. The van der Waals surface area contributed by atoms with E-state index in [2.05, 4.69) is 49.6 Å². The van der Waals surface area contributed by atoms with Crippen LogP contribution in [0.4, 0.5) is 0 Å². The molecule has 180 valence electrons. The zero-order valence-electron chi connectivity index (χ0n) is 21.5. The first-order valence-corrected chi connectivity index (χ1v) is 11.8. The van der Waals surface area contributed by atoms with Gasteiger partial charge in [-0.1, -0.05) is 47.5 Å². The van der Waals surface area contributed by atoms with Crippen LogP contribution in [0.25, 0.3) is 11.8 Å². The molecule has 0 atom stereocenters. The van der Waals surface area contributed by atoms with Crippen LogP contribution in [-0.4, -0.2) is 28.5 Å². The van der Waals surface area contributed by atoms with Crippen molar-refractivity contribution in [1.29, 1.82) is 0 Å². The summed E-state index contributed by atoms with van der Waals surface area (Å²) in [5.41, 5.74) is 9.91. The van der Waals surface area contributed by atoms with Crippen molar-refractivity contribution in [2.75, 3.05) is 7.11 Å². The summed E-state index contributed by atoms with van der Waals surface area (Å²) in [6.45, 7) is 12.5. The fraction of sp³-hybridized carbons (Fsp3) is 0.267. The number of rotatable bonds is 5. The smallest absolute Gasteiger partial charge is 0.340 e. The van der Waals surface area contributed by atoms with E-state index in [1.165, 1.54) is 18.2 Å². The molecule has 0 unspecified atom stereocenters. The Hall–Kier alpha value is -3.86. The Morgan fingerprint density at radius 2 is 1.57 bits per heavy atom. The van der Waals surface area contributed by atoms with Crippen molar-refractivity contribution in [3.8, 4) is 5.69 Å². The lowest BCUT2D eigenvalue weighted by Crippen LogP contribution is -2.24. The zero-order chi connectivity index (χ0) is 25.4. The predicted molar refractivity (Wildman–Crippen MR) is 139 cm³/mol. The van der Waals surface area contributed by atoms with Gasteiger partial charge < -0.3 is 14.2 Å². The van der Waals surface area contributed by atoms with E-state index < -0.39 is 5.97 Å². The van der Waals surface area contributed by atoms with E-state index in [0.717, 1.165) is 33.8 Å². The highest BCUT2D eigenvalue weighted by atomic mass is 16.5. The summed E-state index contributed by atoms with van der Waals surface area (Å²) in [4.78, 5) is 28.0. The number of aromatic nitrogens is 1. The van der Waals surface area contributed by atoms with E-state index in [1.54, 1.807) is 11.8 Å². The Morgan fingerprint density at radius 1 is 0.914 bits per heavy atom. The van der Waals surface area contributed by atoms with Crippen LogP contribution in [0.3, 0.4) is 0 Å². The fourth-order valence-corrected chi connectivity index (χ4v) is 4.81. The minimum absolute atomic E-state index is 0.195. The number of methoxy groups -OCH3 is 1. The van der Waals surface area contributed by atoms with Gasteiger partial charge >= 0.3 is 5.97 Å². The molecular weight excluding hydrogens is 436 g/mol. The Labute approximate surface area is 207 Å². The van der Waals surface area contributed by atoms with E-state index in [-0.39, 0.29) is 5.91 Å². The second kappa shape index (κ2) is 9.41. The number of esters is 1. The molecule has 4 rings (SSSR count). The Kier molecular flexibility index (Phi) is 6.53. The molecule has 1 amide bonds. The molecule has 0 bridgehead atoms. The molecule has 3 aromatic rings. The molecule has 1 aliphatic heterocycles. The number of hydrogen-bond donors (Lipinski definition) is 0. The molecule has 35 heavy (non-hydrogen) atoms. The van der Waals surface area contributed by atoms with Crippen LogP contribution in [0.5, 0.6) is 0 Å². The Balaban J connectivity index is 1.79. The molecule has 5 heteroatoms. The zero-order valence-corrected chi connectivity index (χ0v) is 21.5. The van der Waals surface area contributed by atoms with Crippen LogP contribution in [0.1, 0.15) is 46.1 Å². The normalized spacial score (nSPS) is 14.9. The number of allylic oxidation sites excluding steroid dienone is 1. The SMILES string of the molecule is COC(=O)C1=C(C)N(Cc2ccc(C)cc2)C(=O)/C1=C\c1cc(C)n(-c2ccc(C)cc2C)c1C. The molecule has 1 aromatic heterocycles. The molecule has 2 aromatic carbocycles. The van der Waals surface area contributed by atoms with Gasteiger partial charge in [0.1, 0.15) is 0 Å². The molecule has 0 saturated carbocycles. The molecule has 0 N–H and O–H groups in total. The average molecular weight is 469 g/mol. The summed E-state index contributed by atoms with van der Waals surface area (Å²) in [7, 11) is 1.35. The van der Waals surface area contributed by atoms with Crippen LogP contribution in [-0.2, 0) is 20.9 Å². The predicted octanol–water partition coefficient (Wildman–Crippen LogP) is 5.89. The van der Waals surface area contributed by atoms with Crippen molar-refractivity contribution >= 4 is 18.0 Å². The molecule has 1 aliphatic rings. The van der Waals surface area contributed by atoms with E-state index in [0.29, 0.717) is 23.4 Å². The van der Waals surface area contributed by atoms with Gasteiger partial charge in [0.25, 0.3) is 5.91 Å². The van der Waals surface area contributed by atoms with Gasteiger partial charge in [0.05, 0.1) is 24.8 Å². The number of hydrogen-bond acceptors (Lipinski definition) is 3. The first-order chi connectivity index (χ1) is 16.6. The summed E-state index contributed by atoms with van der Waals surface area (Å²) in [5, 5.41) is 0. The lowest BCUT2D eigenvalue weighted by atomic mass is 10.0. The molecule has 2 heterocycles. The van der Waals surface area contributed by atoms with Crippen molar-refractivity contribution in [2.45, 2.75) is 48.1 Å². The van der Waals surface area contributed by atoms with Gasteiger partial charge in [0.15, 0.2) is 0 Å². The maximum Gasteiger partial charge on any atom is 0.340 e. The number of ether oxygens (including phenoxy) is 1. The third kappa shape index (κ3) is 4.46. The highest BCUT2D eigenvalue weighted by Crippen LogP contribution is 2.34. The van der Waals surface area contributed by atoms with Gasteiger partial charge in [-0.3, -0.25) is 4.79 Å². The molecule has 0 fully saturated rings. The number of carbonyl (C=O) groups excluding carboxylic acids is 2. The van der Waals surface area contributed by atoms with Crippen LogP contribution in [0, 0.1) is 34.6 Å². The quantitative estimate of drug-likeness (QED) is 0.346. The third-order valence-corrected chi connectivity index (χ3v) is 6.73. The standard InChI is InChI=1S/C30H32N2O3/c1-18-8-11-24(12-9-18)17-31-23(6)28(30(34)35-7)26(29(31)33)16-25-15-21(4)32(22(25)5)27-13-10-19(2)14-20(27)3/h8-16H,17H2,1-7H3/b26-16-. The minimum Gasteiger partial charge on any atom is -0.465 e. The van der Waals surface area contributed by atoms with Crippen molar-refractivity contribution in [1.82, 2.24) is 9.47 Å². The number of benzene rings is 2. The lowest BCUT2D eigenvalue weighted by Gasteiger charge is -2.18.